The number of nitrogens with one attached hydrogen (secondary N) is 1. The van der Waals surface area contributed by atoms with Crippen LogP contribution in [0.4, 0.5) is 0 Å². The van der Waals surface area contributed by atoms with E-state index in [2.05, 4.69) is 5.32 Å². The largest absolute Gasteiger partial charge is 0.481 e. The molecule has 0 aromatic carbocycles. The van der Waals surface area contributed by atoms with E-state index >= 15 is 0 Å². The number of carboxylic acid groups (broad SMARTS) is 1. The summed E-state index contributed by atoms with van der Waals surface area (Å²) in [6.07, 6.45) is -0.0244. The molecule has 0 saturated carbocycles. The summed E-state index contributed by atoms with van der Waals surface area (Å²) in [5.74, 6) is -0.866. The summed E-state index contributed by atoms with van der Waals surface area (Å²) >= 11 is 1.58. The van der Waals surface area contributed by atoms with Crippen molar-refractivity contribution in [3.05, 3.63) is 22.4 Å². The maximum Gasteiger partial charge on any atom is 0.304 e. The summed E-state index contributed by atoms with van der Waals surface area (Å²) in [6.45, 7) is 0. The first-order chi connectivity index (χ1) is 6.65. The summed E-state index contributed by atoms with van der Waals surface area (Å²) in [5.41, 5.74) is 5.78. The van der Waals surface area contributed by atoms with Crippen LogP contribution in [0.1, 0.15) is 17.3 Å². The maximum absolute atomic E-state index is 10.5. The van der Waals surface area contributed by atoms with Gasteiger partial charge in [0.1, 0.15) is 0 Å². The lowest BCUT2D eigenvalue weighted by atomic mass is 10.0. The van der Waals surface area contributed by atoms with Crippen molar-refractivity contribution in [1.82, 2.24) is 5.32 Å². The van der Waals surface area contributed by atoms with Crippen molar-refractivity contribution in [2.24, 2.45) is 5.73 Å². The predicted octanol–water partition coefficient (Wildman–Crippen LogP) is 0.811. The average Bonchev–Trinajstić information content (AvgIpc) is 2.57. The third kappa shape index (κ3) is 2.80. The number of carbonyl (C=O) groups is 1. The number of thiophene rings is 1. The van der Waals surface area contributed by atoms with E-state index in [1.807, 2.05) is 17.5 Å². The van der Waals surface area contributed by atoms with Crippen LogP contribution in [0, 0.1) is 0 Å². The number of nitrogens with two attached hydrogens (primary N) is 1. The van der Waals surface area contributed by atoms with Gasteiger partial charge in [-0.25, -0.2) is 0 Å². The standard InChI is InChI=1S/C9H14N2O2S/c1-11-9(6(10)5-8(12)13)7-3-2-4-14-7/h2-4,6,9,11H,5,10H2,1H3,(H,12,13). The van der Waals surface area contributed by atoms with Crippen LogP contribution in [0.5, 0.6) is 0 Å². The van der Waals surface area contributed by atoms with Crippen LogP contribution in [0.25, 0.3) is 0 Å². The fourth-order valence-corrected chi connectivity index (χ4v) is 2.27. The summed E-state index contributed by atoms with van der Waals surface area (Å²) < 4.78 is 0. The average molecular weight is 214 g/mol. The zero-order chi connectivity index (χ0) is 10.6. The molecule has 0 aliphatic carbocycles. The Morgan fingerprint density at radius 3 is 2.93 bits per heavy atom. The van der Waals surface area contributed by atoms with Gasteiger partial charge in [0.05, 0.1) is 12.5 Å². The van der Waals surface area contributed by atoms with Crippen LogP contribution < -0.4 is 11.1 Å². The van der Waals surface area contributed by atoms with E-state index in [4.69, 9.17) is 10.8 Å². The van der Waals surface area contributed by atoms with Gasteiger partial charge in [0.25, 0.3) is 0 Å². The molecule has 1 aromatic heterocycles. The normalized spacial score (nSPS) is 15.0. The number of hydrogen-bond donors (Lipinski definition) is 3. The molecule has 2 atom stereocenters. The molecule has 0 fully saturated rings. The summed E-state index contributed by atoms with van der Waals surface area (Å²) in [4.78, 5) is 11.6. The van der Waals surface area contributed by atoms with Crippen molar-refractivity contribution in [3.63, 3.8) is 0 Å². The number of likely N-dealkylation sites (N-methyl/N-ethyl adjacent to an activating group) is 1. The Morgan fingerprint density at radius 1 is 1.79 bits per heavy atom. The smallest absolute Gasteiger partial charge is 0.304 e. The zero-order valence-electron chi connectivity index (χ0n) is 7.93. The Morgan fingerprint density at radius 2 is 2.50 bits per heavy atom. The van der Waals surface area contributed by atoms with E-state index in [9.17, 15) is 4.79 Å². The zero-order valence-corrected chi connectivity index (χ0v) is 8.75. The lowest BCUT2D eigenvalue weighted by Crippen LogP contribution is -2.37. The molecule has 0 amide bonds. The molecule has 78 valence electrons. The number of aliphatic carboxylic acids is 1. The van der Waals surface area contributed by atoms with Crippen molar-refractivity contribution in [3.8, 4) is 0 Å². The van der Waals surface area contributed by atoms with Gasteiger partial charge in [-0.2, -0.15) is 0 Å². The van der Waals surface area contributed by atoms with Gasteiger partial charge in [-0.1, -0.05) is 6.07 Å². The van der Waals surface area contributed by atoms with E-state index in [-0.39, 0.29) is 12.5 Å². The molecule has 0 radical (unpaired) electrons. The first-order valence-corrected chi connectivity index (χ1v) is 5.21. The topological polar surface area (TPSA) is 75.3 Å². The van der Waals surface area contributed by atoms with Crippen molar-refractivity contribution in [2.45, 2.75) is 18.5 Å². The molecule has 14 heavy (non-hydrogen) atoms. The quantitative estimate of drug-likeness (QED) is 0.678. The highest BCUT2D eigenvalue weighted by Crippen LogP contribution is 2.22. The second-order valence-electron chi connectivity index (χ2n) is 3.04. The highest BCUT2D eigenvalue weighted by molar-refractivity contribution is 7.10. The molecule has 5 heteroatoms. The Bertz CT molecular complexity index is 287. The number of carboxylic acids is 1. The van der Waals surface area contributed by atoms with Gasteiger partial charge in [0.2, 0.25) is 0 Å². The minimum Gasteiger partial charge on any atom is -0.481 e. The van der Waals surface area contributed by atoms with E-state index in [0.717, 1.165) is 4.88 Å². The molecule has 0 bridgehead atoms. The van der Waals surface area contributed by atoms with E-state index in [1.54, 1.807) is 18.4 Å². The van der Waals surface area contributed by atoms with Crippen LogP contribution in [0.3, 0.4) is 0 Å². The van der Waals surface area contributed by atoms with Crippen molar-refractivity contribution < 1.29 is 9.90 Å². The fraction of sp³-hybridized carbons (Fsp3) is 0.444. The molecule has 1 rings (SSSR count). The van der Waals surface area contributed by atoms with Crippen LogP contribution in [0.15, 0.2) is 17.5 Å². The Kier molecular flexibility index (Phi) is 4.06. The third-order valence-corrected chi connectivity index (χ3v) is 2.95. The first-order valence-electron chi connectivity index (χ1n) is 4.33. The predicted molar refractivity (Wildman–Crippen MR) is 56.3 cm³/mol. The highest BCUT2D eigenvalue weighted by atomic mass is 32.1. The minimum atomic E-state index is -0.866. The minimum absolute atomic E-state index is 0.0244. The van der Waals surface area contributed by atoms with Gasteiger partial charge in [0, 0.05) is 10.9 Å². The fourth-order valence-electron chi connectivity index (χ4n) is 1.36. The van der Waals surface area contributed by atoms with Gasteiger partial charge in [-0.3, -0.25) is 4.79 Å². The molecule has 1 heterocycles. The Balaban J connectivity index is 2.67. The third-order valence-electron chi connectivity index (χ3n) is 2.00. The summed E-state index contributed by atoms with van der Waals surface area (Å²) in [5, 5.41) is 13.6. The SMILES string of the molecule is CNC(c1cccs1)C(N)CC(=O)O. The molecule has 0 spiro atoms. The van der Waals surface area contributed by atoms with Crippen LogP contribution >= 0.6 is 11.3 Å². The van der Waals surface area contributed by atoms with Gasteiger partial charge < -0.3 is 16.2 Å². The monoisotopic (exact) mass is 214 g/mol. The molecule has 0 aliphatic rings. The van der Waals surface area contributed by atoms with Crippen LogP contribution in [-0.2, 0) is 4.79 Å². The van der Waals surface area contributed by atoms with Gasteiger partial charge >= 0.3 is 5.97 Å². The van der Waals surface area contributed by atoms with Crippen molar-refractivity contribution >= 4 is 17.3 Å². The van der Waals surface area contributed by atoms with Gasteiger partial charge in [0.15, 0.2) is 0 Å². The second kappa shape index (κ2) is 5.09. The molecule has 1 aromatic rings. The van der Waals surface area contributed by atoms with E-state index in [0.29, 0.717) is 0 Å². The highest BCUT2D eigenvalue weighted by Gasteiger charge is 2.20. The molecule has 0 saturated heterocycles. The number of hydrogen-bond acceptors (Lipinski definition) is 4. The van der Waals surface area contributed by atoms with Crippen molar-refractivity contribution in [1.29, 1.82) is 0 Å². The summed E-state index contributed by atoms with van der Waals surface area (Å²) in [6, 6.07) is 3.41. The molecule has 2 unspecified atom stereocenters. The maximum atomic E-state index is 10.5. The Labute approximate surface area is 86.7 Å². The lowest BCUT2D eigenvalue weighted by molar-refractivity contribution is -0.137. The van der Waals surface area contributed by atoms with E-state index < -0.39 is 12.0 Å². The Hall–Kier alpha value is -0.910. The molecular weight excluding hydrogens is 200 g/mol. The van der Waals surface area contributed by atoms with Gasteiger partial charge in [-0.15, -0.1) is 11.3 Å². The second-order valence-corrected chi connectivity index (χ2v) is 4.02. The molecule has 0 aliphatic heterocycles. The van der Waals surface area contributed by atoms with Crippen LogP contribution in [-0.4, -0.2) is 24.2 Å². The summed E-state index contributed by atoms with van der Waals surface area (Å²) in [7, 11) is 1.78. The van der Waals surface area contributed by atoms with Crippen LogP contribution in [0.2, 0.25) is 0 Å². The lowest BCUT2D eigenvalue weighted by Gasteiger charge is -2.20. The number of rotatable bonds is 5. The van der Waals surface area contributed by atoms with Gasteiger partial charge in [-0.05, 0) is 18.5 Å². The first kappa shape index (κ1) is 11.2. The molecule has 4 N–H and O–H groups in total. The van der Waals surface area contributed by atoms with Crippen molar-refractivity contribution in [2.75, 3.05) is 7.05 Å². The van der Waals surface area contributed by atoms with E-state index in [1.165, 1.54) is 0 Å². The molecular formula is C9H14N2O2S. The molecule has 4 nitrogen and oxygen atoms in total.